The number of Topliss-reactive ketones (excluding diaryl/α,β-unsaturated/α-hetero) is 1. The number of piperazine rings is 1. The van der Waals surface area contributed by atoms with Crippen LogP contribution in [0.2, 0.25) is 0 Å². The molecule has 1 aliphatic rings. The standard InChI is InChI=1S/C14H20N2O/c1-9-4-5-12(11(3)10(9)2)14(17)13-8-15-6-7-16-13/h4-5,13,15-16H,6-8H2,1-3H3. The topological polar surface area (TPSA) is 41.1 Å². The zero-order valence-electron chi connectivity index (χ0n) is 10.8. The molecule has 0 aromatic heterocycles. The summed E-state index contributed by atoms with van der Waals surface area (Å²) in [5.41, 5.74) is 4.44. The van der Waals surface area contributed by atoms with E-state index in [9.17, 15) is 4.79 Å². The van der Waals surface area contributed by atoms with Crippen molar-refractivity contribution in [2.45, 2.75) is 26.8 Å². The first-order valence-corrected chi connectivity index (χ1v) is 6.16. The summed E-state index contributed by atoms with van der Waals surface area (Å²) in [5.74, 6) is 0.206. The van der Waals surface area contributed by atoms with Gasteiger partial charge in [-0.25, -0.2) is 0 Å². The van der Waals surface area contributed by atoms with Gasteiger partial charge in [0.1, 0.15) is 0 Å². The smallest absolute Gasteiger partial charge is 0.181 e. The van der Waals surface area contributed by atoms with E-state index in [0.29, 0.717) is 0 Å². The third kappa shape index (κ3) is 2.40. The van der Waals surface area contributed by atoms with Crippen molar-refractivity contribution in [3.63, 3.8) is 0 Å². The Balaban J connectivity index is 2.27. The lowest BCUT2D eigenvalue weighted by molar-refractivity contribution is 0.0933. The van der Waals surface area contributed by atoms with E-state index in [1.165, 1.54) is 11.1 Å². The predicted molar refractivity (Wildman–Crippen MR) is 69.6 cm³/mol. The van der Waals surface area contributed by atoms with E-state index in [0.717, 1.165) is 30.8 Å². The molecule has 17 heavy (non-hydrogen) atoms. The van der Waals surface area contributed by atoms with E-state index >= 15 is 0 Å². The molecular weight excluding hydrogens is 212 g/mol. The van der Waals surface area contributed by atoms with Gasteiger partial charge in [0.15, 0.2) is 5.78 Å². The first kappa shape index (κ1) is 12.3. The number of hydrogen-bond acceptors (Lipinski definition) is 3. The summed E-state index contributed by atoms with van der Waals surface area (Å²) in [6.07, 6.45) is 0. The van der Waals surface area contributed by atoms with Gasteiger partial charge in [-0.2, -0.15) is 0 Å². The molecule has 0 saturated carbocycles. The van der Waals surface area contributed by atoms with Crippen LogP contribution in [0, 0.1) is 20.8 Å². The fraction of sp³-hybridized carbons (Fsp3) is 0.500. The van der Waals surface area contributed by atoms with Gasteiger partial charge in [0.2, 0.25) is 0 Å². The minimum absolute atomic E-state index is 0.0791. The average molecular weight is 232 g/mol. The molecule has 92 valence electrons. The van der Waals surface area contributed by atoms with E-state index in [2.05, 4.69) is 24.5 Å². The number of hydrogen-bond donors (Lipinski definition) is 2. The van der Waals surface area contributed by atoms with Crippen LogP contribution in [0.15, 0.2) is 12.1 Å². The van der Waals surface area contributed by atoms with Crippen LogP contribution in [-0.4, -0.2) is 31.5 Å². The summed E-state index contributed by atoms with van der Waals surface area (Å²) in [6, 6.07) is 3.91. The lowest BCUT2D eigenvalue weighted by Gasteiger charge is -2.24. The van der Waals surface area contributed by atoms with Crippen molar-refractivity contribution in [3.8, 4) is 0 Å². The maximum atomic E-state index is 12.4. The minimum Gasteiger partial charge on any atom is -0.313 e. The highest BCUT2D eigenvalue weighted by Crippen LogP contribution is 2.18. The van der Waals surface area contributed by atoms with Gasteiger partial charge in [-0.1, -0.05) is 12.1 Å². The molecule has 1 fully saturated rings. The zero-order valence-corrected chi connectivity index (χ0v) is 10.8. The molecular formula is C14H20N2O. The Hall–Kier alpha value is -1.19. The van der Waals surface area contributed by atoms with Crippen molar-refractivity contribution in [1.82, 2.24) is 10.6 Å². The molecule has 0 spiro atoms. The highest BCUT2D eigenvalue weighted by atomic mass is 16.1. The molecule has 1 aromatic carbocycles. The second-order valence-corrected chi connectivity index (χ2v) is 4.76. The summed E-state index contributed by atoms with van der Waals surface area (Å²) >= 11 is 0. The fourth-order valence-electron chi connectivity index (χ4n) is 2.25. The van der Waals surface area contributed by atoms with Gasteiger partial charge in [-0.3, -0.25) is 4.79 Å². The van der Waals surface area contributed by atoms with Crippen LogP contribution < -0.4 is 10.6 Å². The van der Waals surface area contributed by atoms with E-state index in [-0.39, 0.29) is 11.8 Å². The maximum absolute atomic E-state index is 12.4. The third-order valence-corrected chi connectivity index (χ3v) is 3.68. The molecule has 0 amide bonds. The number of aryl methyl sites for hydroxylation is 1. The number of carbonyl (C=O) groups excluding carboxylic acids is 1. The molecule has 0 aliphatic carbocycles. The van der Waals surface area contributed by atoms with E-state index < -0.39 is 0 Å². The maximum Gasteiger partial charge on any atom is 0.181 e. The third-order valence-electron chi connectivity index (χ3n) is 3.68. The van der Waals surface area contributed by atoms with Gasteiger partial charge in [-0.15, -0.1) is 0 Å². The van der Waals surface area contributed by atoms with E-state index in [4.69, 9.17) is 0 Å². The lowest BCUT2D eigenvalue weighted by Crippen LogP contribution is -2.52. The van der Waals surface area contributed by atoms with Crippen LogP contribution in [0.25, 0.3) is 0 Å². The fourth-order valence-corrected chi connectivity index (χ4v) is 2.25. The first-order chi connectivity index (χ1) is 8.11. The molecule has 3 nitrogen and oxygen atoms in total. The van der Waals surface area contributed by atoms with Gasteiger partial charge >= 0.3 is 0 Å². The SMILES string of the molecule is Cc1ccc(C(=O)C2CNCCN2)c(C)c1C. The molecule has 1 aliphatic heterocycles. The van der Waals surface area contributed by atoms with Gasteiger partial charge in [0, 0.05) is 25.2 Å². The number of ketones is 1. The van der Waals surface area contributed by atoms with Crippen molar-refractivity contribution in [3.05, 3.63) is 34.4 Å². The Morgan fingerprint density at radius 2 is 1.94 bits per heavy atom. The largest absolute Gasteiger partial charge is 0.313 e. The Bertz CT molecular complexity index is 434. The van der Waals surface area contributed by atoms with Crippen molar-refractivity contribution < 1.29 is 4.79 Å². The highest BCUT2D eigenvalue weighted by Gasteiger charge is 2.23. The van der Waals surface area contributed by atoms with E-state index in [1.54, 1.807) is 0 Å². The van der Waals surface area contributed by atoms with Crippen LogP contribution in [-0.2, 0) is 0 Å². The Morgan fingerprint density at radius 1 is 1.18 bits per heavy atom. The molecule has 1 aromatic rings. The first-order valence-electron chi connectivity index (χ1n) is 6.16. The van der Waals surface area contributed by atoms with Gasteiger partial charge in [-0.05, 0) is 37.5 Å². The molecule has 0 bridgehead atoms. The van der Waals surface area contributed by atoms with Gasteiger partial charge in [0.05, 0.1) is 6.04 Å². The number of carbonyl (C=O) groups is 1. The van der Waals surface area contributed by atoms with Crippen molar-refractivity contribution in [1.29, 1.82) is 0 Å². The molecule has 1 heterocycles. The van der Waals surface area contributed by atoms with E-state index in [1.807, 2.05) is 19.1 Å². The van der Waals surface area contributed by atoms with Crippen molar-refractivity contribution >= 4 is 5.78 Å². The average Bonchev–Trinajstić information content (AvgIpc) is 2.36. The van der Waals surface area contributed by atoms with Crippen LogP contribution >= 0.6 is 0 Å². The summed E-state index contributed by atoms with van der Waals surface area (Å²) in [4.78, 5) is 12.4. The molecule has 2 rings (SSSR count). The summed E-state index contributed by atoms with van der Waals surface area (Å²) in [5, 5.41) is 6.51. The Kier molecular flexibility index (Phi) is 3.60. The highest BCUT2D eigenvalue weighted by molar-refractivity contribution is 6.01. The number of rotatable bonds is 2. The van der Waals surface area contributed by atoms with Gasteiger partial charge in [0.25, 0.3) is 0 Å². The van der Waals surface area contributed by atoms with Crippen LogP contribution in [0.5, 0.6) is 0 Å². The summed E-state index contributed by atoms with van der Waals surface area (Å²) in [7, 11) is 0. The van der Waals surface area contributed by atoms with Crippen molar-refractivity contribution in [2.75, 3.05) is 19.6 Å². The molecule has 1 saturated heterocycles. The predicted octanol–water partition coefficient (Wildman–Crippen LogP) is 1.36. The minimum atomic E-state index is -0.0791. The van der Waals surface area contributed by atoms with Crippen molar-refractivity contribution in [2.24, 2.45) is 0 Å². The Labute approximate surface area is 103 Å². The van der Waals surface area contributed by atoms with Crippen LogP contribution in [0.3, 0.4) is 0 Å². The monoisotopic (exact) mass is 232 g/mol. The Morgan fingerprint density at radius 3 is 2.59 bits per heavy atom. The lowest BCUT2D eigenvalue weighted by atomic mass is 9.93. The zero-order chi connectivity index (χ0) is 12.4. The molecule has 3 heteroatoms. The second-order valence-electron chi connectivity index (χ2n) is 4.76. The molecule has 0 radical (unpaired) electrons. The summed E-state index contributed by atoms with van der Waals surface area (Å²) < 4.78 is 0. The number of benzene rings is 1. The molecule has 1 unspecified atom stereocenters. The van der Waals surface area contributed by atoms with Gasteiger partial charge < -0.3 is 10.6 Å². The number of nitrogens with one attached hydrogen (secondary N) is 2. The van der Waals surface area contributed by atoms with Crippen LogP contribution in [0.4, 0.5) is 0 Å². The quantitative estimate of drug-likeness (QED) is 0.756. The van der Waals surface area contributed by atoms with Crippen LogP contribution in [0.1, 0.15) is 27.0 Å². The second kappa shape index (κ2) is 4.98. The normalized spacial score (nSPS) is 20.3. The summed E-state index contributed by atoms with van der Waals surface area (Å²) in [6.45, 7) is 8.72. The molecule has 1 atom stereocenters. The molecule has 2 N–H and O–H groups in total.